The van der Waals surface area contributed by atoms with Crippen molar-refractivity contribution in [2.75, 3.05) is 5.32 Å². The van der Waals surface area contributed by atoms with Gasteiger partial charge in [0.05, 0.1) is 0 Å². The van der Waals surface area contributed by atoms with Crippen molar-refractivity contribution in [1.29, 1.82) is 0 Å². The van der Waals surface area contributed by atoms with Gasteiger partial charge >= 0.3 is 0 Å². The minimum atomic E-state index is -0.551. The van der Waals surface area contributed by atoms with Crippen LogP contribution < -0.4 is 10.1 Å². The molecule has 1 amide bonds. The van der Waals surface area contributed by atoms with Gasteiger partial charge in [-0.25, -0.2) is 0 Å². The van der Waals surface area contributed by atoms with E-state index in [2.05, 4.69) is 12.2 Å². The number of para-hydroxylation sites is 1. The highest BCUT2D eigenvalue weighted by Gasteiger charge is 2.17. The predicted molar refractivity (Wildman–Crippen MR) is 90.5 cm³/mol. The third-order valence-corrected chi connectivity index (χ3v) is 3.88. The minimum absolute atomic E-state index is 0.137. The largest absolute Gasteiger partial charge is 0.481 e. The molecule has 3 nitrogen and oxygen atoms in total. The monoisotopic (exact) mass is 297 g/mol. The van der Waals surface area contributed by atoms with Crippen molar-refractivity contribution < 1.29 is 9.53 Å². The van der Waals surface area contributed by atoms with E-state index in [-0.39, 0.29) is 5.91 Å². The number of anilines is 1. The summed E-state index contributed by atoms with van der Waals surface area (Å²) in [5, 5.41) is 2.95. The van der Waals surface area contributed by atoms with Crippen molar-refractivity contribution in [3.05, 3.63) is 59.2 Å². The number of hydrogen-bond acceptors (Lipinski definition) is 2. The Balaban J connectivity index is 2.08. The molecule has 3 heteroatoms. The zero-order valence-corrected chi connectivity index (χ0v) is 13.6. The van der Waals surface area contributed by atoms with E-state index in [0.717, 1.165) is 34.5 Å². The highest BCUT2D eigenvalue weighted by Crippen LogP contribution is 2.22. The summed E-state index contributed by atoms with van der Waals surface area (Å²) in [6.07, 6.45) is 0.327. The smallest absolute Gasteiger partial charge is 0.265 e. The molecule has 0 heterocycles. The zero-order valence-electron chi connectivity index (χ0n) is 13.6. The molecule has 116 valence electrons. The van der Waals surface area contributed by atoms with Gasteiger partial charge in [-0.05, 0) is 56.0 Å². The maximum absolute atomic E-state index is 12.3. The summed E-state index contributed by atoms with van der Waals surface area (Å²) in [6.45, 7) is 7.87. The van der Waals surface area contributed by atoms with Crippen LogP contribution in [-0.4, -0.2) is 12.0 Å². The SMILES string of the molecule is CCc1ccccc1NC(=O)[C@@H](C)Oc1cccc(C)c1C. The van der Waals surface area contributed by atoms with Crippen LogP contribution in [0.15, 0.2) is 42.5 Å². The Morgan fingerprint density at radius 1 is 1.14 bits per heavy atom. The molecule has 0 aliphatic carbocycles. The Morgan fingerprint density at radius 3 is 2.59 bits per heavy atom. The van der Waals surface area contributed by atoms with Gasteiger partial charge in [0.25, 0.3) is 5.91 Å². The first-order valence-electron chi connectivity index (χ1n) is 7.64. The first-order chi connectivity index (χ1) is 10.5. The van der Waals surface area contributed by atoms with Crippen LogP contribution in [0.5, 0.6) is 5.75 Å². The number of aryl methyl sites for hydroxylation is 2. The average molecular weight is 297 g/mol. The molecule has 0 aliphatic rings. The fourth-order valence-electron chi connectivity index (χ4n) is 2.28. The lowest BCUT2D eigenvalue weighted by atomic mass is 10.1. The lowest BCUT2D eigenvalue weighted by Gasteiger charge is -2.18. The van der Waals surface area contributed by atoms with E-state index in [4.69, 9.17) is 4.74 Å². The first kappa shape index (κ1) is 16.1. The van der Waals surface area contributed by atoms with Crippen LogP contribution in [0.1, 0.15) is 30.5 Å². The molecule has 2 rings (SSSR count). The number of carbonyl (C=O) groups is 1. The Labute approximate surface area is 132 Å². The van der Waals surface area contributed by atoms with E-state index in [0.29, 0.717) is 0 Å². The van der Waals surface area contributed by atoms with Gasteiger partial charge in [-0.1, -0.05) is 37.3 Å². The molecular formula is C19H23NO2. The molecule has 0 saturated heterocycles. The molecule has 0 aliphatic heterocycles. The number of nitrogens with one attached hydrogen (secondary N) is 1. The second kappa shape index (κ2) is 7.12. The summed E-state index contributed by atoms with van der Waals surface area (Å²) >= 11 is 0. The topological polar surface area (TPSA) is 38.3 Å². The number of benzene rings is 2. The Kier molecular flexibility index (Phi) is 5.21. The third kappa shape index (κ3) is 3.67. The van der Waals surface area contributed by atoms with E-state index in [1.165, 1.54) is 0 Å². The van der Waals surface area contributed by atoms with Crippen molar-refractivity contribution in [1.82, 2.24) is 0 Å². The quantitative estimate of drug-likeness (QED) is 0.895. The molecule has 2 aromatic rings. The van der Waals surface area contributed by atoms with Crippen molar-refractivity contribution in [3.8, 4) is 5.75 Å². The van der Waals surface area contributed by atoms with Crippen molar-refractivity contribution in [2.45, 2.75) is 40.2 Å². The second-order valence-electron chi connectivity index (χ2n) is 5.46. The van der Waals surface area contributed by atoms with Crippen LogP contribution in [0.4, 0.5) is 5.69 Å². The molecule has 2 aromatic carbocycles. The van der Waals surface area contributed by atoms with E-state index in [1.807, 2.05) is 56.3 Å². The van der Waals surface area contributed by atoms with Crippen LogP contribution in [0.25, 0.3) is 0 Å². The van der Waals surface area contributed by atoms with E-state index < -0.39 is 6.10 Å². The lowest BCUT2D eigenvalue weighted by molar-refractivity contribution is -0.122. The van der Waals surface area contributed by atoms with Crippen LogP contribution >= 0.6 is 0 Å². The summed E-state index contributed by atoms with van der Waals surface area (Å²) in [6, 6.07) is 13.7. The number of ether oxygens (including phenoxy) is 1. The number of carbonyl (C=O) groups excluding carboxylic acids is 1. The van der Waals surface area contributed by atoms with Crippen molar-refractivity contribution in [2.24, 2.45) is 0 Å². The van der Waals surface area contributed by atoms with Gasteiger partial charge in [-0.15, -0.1) is 0 Å². The van der Waals surface area contributed by atoms with Crippen molar-refractivity contribution in [3.63, 3.8) is 0 Å². The van der Waals surface area contributed by atoms with Gasteiger partial charge < -0.3 is 10.1 Å². The maximum Gasteiger partial charge on any atom is 0.265 e. The molecule has 0 aromatic heterocycles. The van der Waals surface area contributed by atoms with Crippen LogP contribution in [0, 0.1) is 13.8 Å². The number of hydrogen-bond donors (Lipinski definition) is 1. The van der Waals surface area contributed by atoms with Crippen LogP contribution in [0.2, 0.25) is 0 Å². The first-order valence-corrected chi connectivity index (χ1v) is 7.64. The summed E-state index contributed by atoms with van der Waals surface area (Å²) < 4.78 is 5.82. The molecule has 1 atom stereocenters. The molecule has 0 fully saturated rings. The fraction of sp³-hybridized carbons (Fsp3) is 0.316. The molecule has 0 radical (unpaired) electrons. The molecule has 0 saturated carbocycles. The van der Waals surface area contributed by atoms with Gasteiger partial charge in [0.15, 0.2) is 6.10 Å². The lowest BCUT2D eigenvalue weighted by Crippen LogP contribution is -2.30. The molecule has 1 N–H and O–H groups in total. The summed E-state index contributed by atoms with van der Waals surface area (Å²) in [4.78, 5) is 12.3. The van der Waals surface area contributed by atoms with Crippen LogP contribution in [-0.2, 0) is 11.2 Å². The van der Waals surface area contributed by atoms with E-state index in [1.54, 1.807) is 6.92 Å². The predicted octanol–water partition coefficient (Wildman–Crippen LogP) is 4.27. The highest BCUT2D eigenvalue weighted by atomic mass is 16.5. The van der Waals surface area contributed by atoms with Gasteiger partial charge in [0.1, 0.15) is 5.75 Å². The minimum Gasteiger partial charge on any atom is -0.481 e. The molecule has 0 bridgehead atoms. The maximum atomic E-state index is 12.3. The Hall–Kier alpha value is -2.29. The van der Waals surface area contributed by atoms with E-state index in [9.17, 15) is 4.79 Å². The summed E-state index contributed by atoms with van der Waals surface area (Å²) in [7, 11) is 0. The number of amides is 1. The molecule has 0 spiro atoms. The van der Waals surface area contributed by atoms with Gasteiger partial charge in [-0.2, -0.15) is 0 Å². The van der Waals surface area contributed by atoms with Crippen LogP contribution in [0.3, 0.4) is 0 Å². The fourth-order valence-corrected chi connectivity index (χ4v) is 2.28. The average Bonchev–Trinajstić information content (AvgIpc) is 2.52. The summed E-state index contributed by atoms with van der Waals surface area (Å²) in [5.41, 5.74) is 4.19. The van der Waals surface area contributed by atoms with E-state index >= 15 is 0 Å². The molecule has 0 unspecified atom stereocenters. The zero-order chi connectivity index (χ0) is 16.1. The van der Waals surface area contributed by atoms with Crippen molar-refractivity contribution >= 4 is 11.6 Å². The second-order valence-corrected chi connectivity index (χ2v) is 5.46. The Bertz CT molecular complexity index is 664. The Morgan fingerprint density at radius 2 is 1.86 bits per heavy atom. The number of rotatable bonds is 5. The standard InChI is InChI=1S/C19H23NO2/c1-5-16-10-6-7-11-17(16)20-19(21)15(4)22-18-12-8-9-13(2)14(18)3/h6-12,15H,5H2,1-4H3,(H,20,21)/t15-/m1/s1. The van der Waals surface area contributed by atoms with Gasteiger partial charge in [0, 0.05) is 5.69 Å². The highest BCUT2D eigenvalue weighted by molar-refractivity contribution is 5.94. The molecular weight excluding hydrogens is 274 g/mol. The normalized spacial score (nSPS) is 11.8. The molecule has 22 heavy (non-hydrogen) atoms. The van der Waals surface area contributed by atoms with Gasteiger partial charge in [0.2, 0.25) is 0 Å². The van der Waals surface area contributed by atoms with Gasteiger partial charge in [-0.3, -0.25) is 4.79 Å². The third-order valence-electron chi connectivity index (χ3n) is 3.88. The summed E-state index contributed by atoms with van der Waals surface area (Å²) in [5.74, 6) is 0.619.